The number of carbonyl (C=O) groups is 1. The first-order valence-electron chi connectivity index (χ1n) is 9.81. The van der Waals surface area contributed by atoms with E-state index >= 15 is 0 Å². The minimum Gasteiger partial charge on any atom is -1.00 e. The number of carboxylic acids is 1. The number of pyridine rings is 1. The summed E-state index contributed by atoms with van der Waals surface area (Å²) >= 11 is 6.16. The molecule has 3 aromatic rings. The molecule has 0 fully saturated rings. The van der Waals surface area contributed by atoms with Crippen molar-refractivity contribution >= 4 is 28.7 Å². The predicted molar refractivity (Wildman–Crippen MR) is 115 cm³/mol. The molecule has 2 aromatic carbocycles. The molecule has 1 aliphatic rings. The molecule has 0 aliphatic heterocycles. The monoisotopic (exact) mass is 483 g/mol. The maximum Gasteiger partial charge on any atom is 1.00 e. The van der Waals surface area contributed by atoms with Gasteiger partial charge in [-0.1, -0.05) is 11.6 Å². The number of nitrogens with zero attached hydrogens (tertiary/aromatic N) is 1. The number of hydrogen-bond acceptors (Lipinski definition) is 3. The summed E-state index contributed by atoms with van der Waals surface area (Å²) in [6.45, 7) is -0.181. The molecule has 0 saturated carbocycles. The summed E-state index contributed by atoms with van der Waals surface area (Å²) in [6, 6.07) is 8.55. The third-order valence-corrected chi connectivity index (χ3v) is 5.44. The van der Waals surface area contributed by atoms with E-state index in [0.717, 1.165) is 35.8 Å². The first-order valence-corrected chi connectivity index (χ1v) is 10.2. The number of allylic oxidation sites excluding steroid dienone is 2. The molecule has 9 heteroatoms. The minimum atomic E-state index is -1.22. The van der Waals surface area contributed by atoms with Crippen LogP contribution in [0, 0.1) is 17.5 Å². The third-order valence-electron chi connectivity index (χ3n) is 5.23. The minimum absolute atomic E-state index is 0. The van der Waals surface area contributed by atoms with Crippen LogP contribution in [0.4, 0.5) is 13.2 Å². The van der Waals surface area contributed by atoms with Gasteiger partial charge in [-0.15, -0.1) is 0 Å². The van der Waals surface area contributed by atoms with Crippen LogP contribution in [0.25, 0.3) is 11.1 Å². The molecule has 1 N–H and O–H groups in total. The van der Waals surface area contributed by atoms with Crippen molar-refractivity contribution in [2.75, 3.05) is 0 Å². The quantitative estimate of drug-likeness (QED) is 0.544. The number of halogens is 4. The second-order valence-corrected chi connectivity index (χ2v) is 7.81. The zero-order valence-electron chi connectivity index (χ0n) is 18.7. The Balaban J connectivity index is 0.00000204. The average molecular weight is 484 g/mol. The van der Waals surface area contributed by atoms with Crippen LogP contribution in [0.3, 0.4) is 0 Å². The first kappa shape index (κ1) is 25.3. The Morgan fingerprint density at radius 1 is 1.06 bits per heavy atom. The van der Waals surface area contributed by atoms with Crippen molar-refractivity contribution in [1.82, 2.24) is 4.98 Å². The van der Waals surface area contributed by atoms with Crippen LogP contribution in [0.5, 0.6) is 5.88 Å². The largest absolute Gasteiger partial charge is 1.00 e. The smallest absolute Gasteiger partial charge is 1.00 e. The summed E-state index contributed by atoms with van der Waals surface area (Å²) in [4.78, 5) is 15.6. The Kier molecular flexibility index (Phi) is 8.23. The van der Waals surface area contributed by atoms with Crippen molar-refractivity contribution in [3.05, 3.63) is 93.4 Å². The fraction of sp³-hybridized carbons (Fsp3) is 0.167. The van der Waals surface area contributed by atoms with Gasteiger partial charge in [-0.25, -0.2) is 22.9 Å². The van der Waals surface area contributed by atoms with Gasteiger partial charge in [0.15, 0.2) is 0 Å². The van der Waals surface area contributed by atoms with Crippen LogP contribution in [0.15, 0.2) is 48.7 Å². The number of aromatic carboxylic acids is 1. The number of hydrogen-bond donors (Lipinski definition) is 1. The van der Waals surface area contributed by atoms with E-state index in [2.05, 4.69) is 4.98 Å². The van der Waals surface area contributed by atoms with E-state index in [1.807, 2.05) is 0 Å². The van der Waals surface area contributed by atoms with Crippen LogP contribution in [-0.4, -0.2) is 16.1 Å². The van der Waals surface area contributed by atoms with Gasteiger partial charge in [-0.3, -0.25) is 0 Å². The first-order chi connectivity index (χ1) is 15.3. The molecule has 1 aromatic heterocycles. The van der Waals surface area contributed by atoms with Crippen LogP contribution in [0.1, 0.15) is 47.7 Å². The number of ether oxygens (including phenoxy) is 1. The molecule has 0 atom stereocenters. The summed E-state index contributed by atoms with van der Waals surface area (Å²) in [7, 11) is 0. The topological polar surface area (TPSA) is 59.4 Å². The summed E-state index contributed by atoms with van der Waals surface area (Å²) in [5.41, 5.74) is 2.61. The molecule has 4 rings (SSSR count). The van der Waals surface area contributed by atoms with Crippen molar-refractivity contribution < 1.29 is 58.8 Å². The predicted octanol–water partition coefficient (Wildman–Crippen LogP) is 3.64. The van der Waals surface area contributed by atoms with E-state index in [0.29, 0.717) is 29.0 Å². The summed E-state index contributed by atoms with van der Waals surface area (Å²) in [5.74, 6) is -3.09. The SMILES string of the molecule is O=C(O)c1cc(F)cc(C2=C(c3cc(Cl)cnc3OCc3ccc(F)cc3F)CCC2)c1.[H-].[Na+]. The van der Waals surface area contributed by atoms with Gasteiger partial charge in [0.1, 0.15) is 24.1 Å². The normalized spacial score (nSPS) is 13.1. The average Bonchev–Trinajstić information content (AvgIpc) is 3.23. The summed E-state index contributed by atoms with van der Waals surface area (Å²) in [6.07, 6.45) is 3.39. The van der Waals surface area contributed by atoms with Crippen molar-refractivity contribution in [1.29, 1.82) is 0 Å². The van der Waals surface area contributed by atoms with Crippen molar-refractivity contribution in [3.63, 3.8) is 0 Å². The number of rotatable bonds is 6. The maximum atomic E-state index is 14.1. The molecular weight excluding hydrogens is 466 g/mol. The molecule has 0 bridgehead atoms. The molecule has 0 radical (unpaired) electrons. The van der Waals surface area contributed by atoms with Crippen molar-refractivity contribution in [3.8, 4) is 5.88 Å². The van der Waals surface area contributed by atoms with Gasteiger partial charge < -0.3 is 11.3 Å². The summed E-state index contributed by atoms with van der Waals surface area (Å²) in [5, 5.41) is 9.62. The second kappa shape index (κ2) is 10.7. The van der Waals surface area contributed by atoms with Gasteiger partial charge in [0.25, 0.3) is 0 Å². The number of carboxylic acid groups (broad SMARTS) is 1. The van der Waals surface area contributed by atoms with E-state index < -0.39 is 23.4 Å². The van der Waals surface area contributed by atoms with Crippen LogP contribution < -0.4 is 34.3 Å². The fourth-order valence-corrected chi connectivity index (χ4v) is 3.95. The molecule has 4 nitrogen and oxygen atoms in total. The summed E-state index contributed by atoms with van der Waals surface area (Å²) < 4.78 is 47.0. The standard InChI is InChI=1S/C24H17ClF3NO3.Na.H/c25-16-9-21(23(29-11-16)32-12-13-4-5-17(26)10-22(13)28)20-3-1-2-19(20)14-6-15(24(30)31)8-18(27)7-14;;/h4-11H,1-3,12H2,(H,30,31);;/q;+1;-1. The molecule has 0 spiro atoms. The Morgan fingerprint density at radius 2 is 1.82 bits per heavy atom. The maximum absolute atomic E-state index is 14.1. The van der Waals surface area contributed by atoms with Gasteiger partial charge in [0.05, 0.1) is 10.6 Å². The molecular formula is C24H18ClF3NNaO3. The van der Waals surface area contributed by atoms with Crippen molar-refractivity contribution in [2.45, 2.75) is 25.9 Å². The van der Waals surface area contributed by atoms with E-state index in [-0.39, 0.29) is 54.6 Å². The van der Waals surface area contributed by atoms with Crippen LogP contribution in [-0.2, 0) is 6.61 Å². The van der Waals surface area contributed by atoms with Crippen LogP contribution in [0.2, 0.25) is 5.02 Å². The zero-order chi connectivity index (χ0) is 22.8. The van der Waals surface area contributed by atoms with Gasteiger partial charge in [0.2, 0.25) is 5.88 Å². The number of aromatic nitrogens is 1. The van der Waals surface area contributed by atoms with Gasteiger partial charge in [-0.2, -0.15) is 0 Å². The molecule has 166 valence electrons. The van der Waals surface area contributed by atoms with E-state index in [1.165, 1.54) is 24.4 Å². The van der Waals surface area contributed by atoms with Gasteiger partial charge in [-0.05, 0) is 72.4 Å². The molecule has 1 aliphatic carbocycles. The van der Waals surface area contributed by atoms with E-state index in [1.54, 1.807) is 6.07 Å². The Hall–Kier alpha value is -2.32. The fourth-order valence-electron chi connectivity index (χ4n) is 3.79. The molecule has 33 heavy (non-hydrogen) atoms. The van der Waals surface area contributed by atoms with Crippen molar-refractivity contribution in [2.24, 2.45) is 0 Å². The number of benzene rings is 2. The molecule has 0 unspecified atom stereocenters. The van der Waals surface area contributed by atoms with E-state index in [4.69, 9.17) is 16.3 Å². The van der Waals surface area contributed by atoms with Gasteiger partial charge in [0, 0.05) is 23.4 Å². The Labute approximate surface area is 216 Å². The zero-order valence-corrected chi connectivity index (χ0v) is 20.4. The van der Waals surface area contributed by atoms with Crippen LogP contribution >= 0.6 is 11.6 Å². The van der Waals surface area contributed by atoms with E-state index in [9.17, 15) is 23.1 Å². The second-order valence-electron chi connectivity index (χ2n) is 7.38. The molecule has 0 saturated heterocycles. The van der Waals surface area contributed by atoms with Gasteiger partial charge >= 0.3 is 35.5 Å². The Morgan fingerprint density at radius 3 is 2.55 bits per heavy atom. The Bertz CT molecular complexity index is 1260. The molecule has 0 amide bonds. The third kappa shape index (κ3) is 5.79. The molecule has 1 heterocycles.